The van der Waals surface area contributed by atoms with E-state index in [4.69, 9.17) is 4.74 Å². The molecule has 174 valence electrons. The molecule has 9 heteroatoms. The molecule has 1 atom stereocenters. The van der Waals surface area contributed by atoms with E-state index in [1.54, 1.807) is 55.1 Å². The SMILES string of the molecule is CCCN1C(=O)N[C@H](c2cccc(NC(=O)Nc3ccc(Br)cc3)c2)C(C(=O)OCC)=C1C. The zero-order valence-corrected chi connectivity index (χ0v) is 20.4. The number of allylic oxidation sites excluding steroid dienone is 1. The second-order valence-corrected chi connectivity index (χ2v) is 8.38. The summed E-state index contributed by atoms with van der Waals surface area (Å²) in [5.74, 6) is -0.479. The first kappa shape index (κ1) is 24.3. The summed E-state index contributed by atoms with van der Waals surface area (Å²) in [6, 6.07) is 12.8. The highest BCUT2D eigenvalue weighted by molar-refractivity contribution is 9.10. The highest BCUT2D eigenvalue weighted by Crippen LogP contribution is 2.32. The Hall–Kier alpha value is -3.33. The van der Waals surface area contributed by atoms with Crippen molar-refractivity contribution >= 4 is 45.3 Å². The van der Waals surface area contributed by atoms with E-state index in [-0.39, 0.29) is 12.6 Å². The Labute approximate surface area is 201 Å². The summed E-state index contributed by atoms with van der Waals surface area (Å²) >= 11 is 3.36. The fourth-order valence-electron chi connectivity index (χ4n) is 3.62. The molecule has 2 aromatic carbocycles. The van der Waals surface area contributed by atoms with Crippen LogP contribution in [-0.2, 0) is 9.53 Å². The molecule has 0 aromatic heterocycles. The molecule has 1 aliphatic rings. The minimum atomic E-state index is -0.694. The number of benzene rings is 2. The van der Waals surface area contributed by atoms with Crippen molar-refractivity contribution in [1.82, 2.24) is 10.2 Å². The second kappa shape index (κ2) is 11.0. The summed E-state index contributed by atoms with van der Waals surface area (Å²) in [6.07, 6.45) is 0.748. The maximum Gasteiger partial charge on any atom is 0.338 e. The lowest BCUT2D eigenvalue weighted by Gasteiger charge is -2.35. The molecule has 2 aromatic rings. The monoisotopic (exact) mass is 514 g/mol. The minimum absolute atomic E-state index is 0.224. The van der Waals surface area contributed by atoms with Gasteiger partial charge in [-0.25, -0.2) is 14.4 Å². The fraction of sp³-hybridized carbons (Fsp3) is 0.292. The molecule has 0 saturated heterocycles. The van der Waals surface area contributed by atoms with Crippen molar-refractivity contribution in [2.45, 2.75) is 33.2 Å². The lowest BCUT2D eigenvalue weighted by atomic mass is 9.94. The first-order valence-corrected chi connectivity index (χ1v) is 11.5. The summed E-state index contributed by atoms with van der Waals surface area (Å²) in [5.41, 5.74) is 2.76. The van der Waals surface area contributed by atoms with Crippen molar-refractivity contribution in [3.05, 3.63) is 69.8 Å². The van der Waals surface area contributed by atoms with E-state index in [2.05, 4.69) is 31.9 Å². The number of carbonyl (C=O) groups is 3. The number of hydrogen-bond acceptors (Lipinski definition) is 4. The zero-order chi connectivity index (χ0) is 24.0. The van der Waals surface area contributed by atoms with Gasteiger partial charge in [-0.3, -0.25) is 4.90 Å². The van der Waals surface area contributed by atoms with Crippen LogP contribution in [0.4, 0.5) is 21.0 Å². The minimum Gasteiger partial charge on any atom is -0.463 e. The highest BCUT2D eigenvalue weighted by atomic mass is 79.9. The first-order chi connectivity index (χ1) is 15.8. The Morgan fingerprint density at radius 1 is 1.09 bits per heavy atom. The van der Waals surface area contributed by atoms with Crippen LogP contribution in [0.2, 0.25) is 0 Å². The van der Waals surface area contributed by atoms with Gasteiger partial charge in [-0.05, 0) is 62.2 Å². The standard InChI is InChI=1S/C24H27BrN4O4/c1-4-13-29-15(3)20(22(30)33-5-2)21(28-24(29)32)16-7-6-8-19(14-16)27-23(31)26-18-11-9-17(25)10-12-18/h6-12,14,21H,4-5,13H2,1-3H3,(H,28,32)(H2,26,27,31)/t21-/m1/s1. The molecular formula is C24H27BrN4O4. The van der Waals surface area contributed by atoms with Gasteiger partial charge in [0, 0.05) is 28.1 Å². The molecule has 1 heterocycles. The van der Waals surface area contributed by atoms with E-state index in [0.717, 1.165) is 10.9 Å². The molecule has 0 fully saturated rings. The number of rotatable bonds is 7. The normalized spacial score (nSPS) is 15.7. The summed E-state index contributed by atoms with van der Waals surface area (Å²) in [7, 11) is 0. The summed E-state index contributed by atoms with van der Waals surface area (Å²) < 4.78 is 6.19. The number of esters is 1. The number of hydrogen-bond donors (Lipinski definition) is 3. The number of amides is 4. The predicted octanol–water partition coefficient (Wildman–Crippen LogP) is 5.41. The molecule has 0 unspecified atom stereocenters. The Balaban J connectivity index is 1.86. The third-order valence-corrected chi connectivity index (χ3v) is 5.65. The zero-order valence-electron chi connectivity index (χ0n) is 18.8. The first-order valence-electron chi connectivity index (χ1n) is 10.7. The van der Waals surface area contributed by atoms with Crippen LogP contribution in [0.1, 0.15) is 38.8 Å². The van der Waals surface area contributed by atoms with Crippen LogP contribution >= 0.6 is 15.9 Å². The lowest BCUT2D eigenvalue weighted by molar-refractivity contribution is -0.139. The number of halogens is 1. The lowest BCUT2D eigenvalue weighted by Crippen LogP contribution is -2.48. The number of anilines is 2. The third-order valence-electron chi connectivity index (χ3n) is 5.12. The van der Waals surface area contributed by atoms with Gasteiger partial charge in [0.25, 0.3) is 0 Å². The van der Waals surface area contributed by atoms with Gasteiger partial charge >= 0.3 is 18.0 Å². The molecule has 0 bridgehead atoms. The van der Waals surface area contributed by atoms with Gasteiger partial charge in [0.1, 0.15) is 0 Å². The summed E-state index contributed by atoms with van der Waals surface area (Å²) in [4.78, 5) is 39.5. The molecule has 33 heavy (non-hydrogen) atoms. The fourth-order valence-corrected chi connectivity index (χ4v) is 3.88. The van der Waals surface area contributed by atoms with E-state index < -0.39 is 18.0 Å². The number of ether oxygens (including phenoxy) is 1. The van der Waals surface area contributed by atoms with Crippen molar-refractivity contribution in [1.29, 1.82) is 0 Å². The Morgan fingerprint density at radius 2 is 1.79 bits per heavy atom. The van der Waals surface area contributed by atoms with Crippen molar-refractivity contribution < 1.29 is 19.1 Å². The van der Waals surface area contributed by atoms with Crippen LogP contribution in [-0.4, -0.2) is 36.1 Å². The summed E-state index contributed by atoms with van der Waals surface area (Å²) in [6.45, 7) is 6.17. The van der Waals surface area contributed by atoms with Gasteiger partial charge in [0.15, 0.2) is 0 Å². The van der Waals surface area contributed by atoms with Gasteiger partial charge in [0.05, 0.1) is 18.2 Å². The average molecular weight is 515 g/mol. The molecule has 3 rings (SSSR count). The van der Waals surface area contributed by atoms with Crippen molar-refractivity contribution in [2.24, 2.45) is 0 Å². The van der Waals surface area contributed by atoms with Crippen LogP contribution < -0.4 is 16.0 Å². The molecule has 3 N–H and O–H groups in total. The largest absolute Gasteiger partial charge is 0.463 e. The molecule has 1 aliphatic heterocycles. The Kier molecular flexibility index (Phi) is 8.11. The quantitative estimate of drug-likeness (QED) is 0.430. The van der Waals surface area contributed by atoms with Crippen molar-refractivity contribution in [2.75, 3.05) is 23.8 Å². The number of nitrogens with zero attached hydrogens (tertiary/aromatic N) is 1. The van der Waals surface area contributed by atoms with Crippen LogP contribution in [0.25, 0.3) is 0 Å². The van der Waals surface area contributed by atoms with Gasteiger partial charge < -0.3 is 20.7 Å². The van der Waals surface area contributed by atoms with E-state index >= 15 is 0 Å². The average Bonchev–Trinajstić information content (AvgIpc) is 2.78. The molecule has 0 radical (unpaired) electrons. The van der Waals surface area contributed by atoms with E-state index in [1.165, 1.54) is 0 Å². The van der Waals surface area contributed by atoms with E-state index in [9.17, 15) is 14.4 Å². The van der Waals surface area contributed by atoms with Crippen molar-refractivity contribution in [3.8, 4) is 0 Å². The summed E-state index contributed by atoms with van der Waals surface area (Å²) in [5, 5.41) is 8.46. The smallest absolute Gasteiger partial charge is 0.338 e. The number of nitrogens with one attached hydrogen (secondary N) is 3. The number of urea groups is 2. The maximum atomic E-state index is 12.8. The third kappa shape index (κ3) is 5.92. The van der Waals surface area contributed by atoms with Gasteiger partial charge in [-0.15, -0.1) is 0 Å². The molecule has 4 amide bonds. The van der Waals surface area contributed by atoms with Crippen molar-refractivity contribution in [3.63, 3.8) is 0 Å². The van der Waals surface area contributed by atoms with Crippen LogP contribution in [0, 0.1) is 0 Å². The molecule has 0 spiro atoms. The second-order valence-electron chi connectivity index (χ2n) is 7.47. The van der Waals surface area contributed by atoms with E-state index in [1.807, 2.05) is 19.1 Å². The molecule has 0 saturated carbocycles. The number of carbonyl (C=O) groups excluding carboxylic acids is 3. The van der Waals surface area contributed by atoms with Crippen LogP contribution in [0.5, 0.6) is 0 Å². The van der Waals surface area contributed by atoms with Crippen LogP contribution in [0.15, 0.2) is 64.3 Å². The molecule has 8 nitrogen and oxygen atoms in total. The van der Waals surface area contributed by atoms with Gasteiger partial charge in [0.2, 0.25) is 0 Å². The van der Waals surface area contributed by atoms with Gasteiger partial charge in [-0.1, -0.05) is 35.0 Å². The topological polar surface area (TPSA) is 99.8 Å². The van der Waals surface area contributed by atoms with E-state index in [0.29, 0.717) is 34.8 Å². The van der Waals surface area contributed by atoms with Crippen LogP contribution in [0.3, 0.4) is 0 Å². The predicted molar refractivity (Wildman–Crippen MR) is 131 cm³/mol. The maximum absolute atomic E-state index is 12.8. The molecular weight excluding hydrogens is 488 g/mol. The highest BCUT2D eigenvalue weighted by Gasteiger charge is 2.36. The molecule has 0 aliphatic carbocycles. The van der Waals surface area contributed by atoms with Gasteiger partial charge in [-0.2, -0.15) is 0 Å². The Morgan fingerprint density at radius 3 is 2.45 bits per heavy atom. The Bertz CT molecular complexity index is 1070.